The molecule has 0 spiro atoms. The summed E-state index contributed by atoms with van der Waals surface area (Å²) < 4.78 is 26.8. The summed E-state index contributed by atoms with van der Waals surface area (Å²) in [6.45, 7) is 8.49. The number of aliphatic hydroxyl groups excluding tert-OH is 1. The second-order valence-electron chi connectivity index (χ2n) is 7.16. The van der Waals surface area contributed by atoms with Crippen LogP contribution in [0.2, 0.25) is 0 Å². The highest BCUT2D eigenvalue weighted by Crippen LogP contribution is 2.40. The Balaban J connectivity index is 2.22. The highest BCUT2D eigenvalue weighted by atomic mass is 16.8. The van der Waals surface area contributed by atoms with Gasteiger partial charge in [-0.05, 0) is 34.6 Å². The lowest BCUT2D eigenvalue weighted by atomic mass is 9.96. The number of carbonyl (C=O) groups excluding carboxylic acids is 2. The molecular weight excluding hydrogens is 308 g/mol. The quantitative estimate of drug-likeness (QED) is 0.739. The standard InChI is InChI=1S/C15H24O8/c1-14(2,3)13(18)21-9-8(7(16)11(17)19-6)20-12-10(9)22-15(4,5)23-12/h7-10,12,16H,1-6H3/t7-,8-,9+,10-,12-/m1/s1. The topological polar surface area (TPSA) is 101 Å². The molecule has 0 aliphatic carbocycles. The maximum Gasteiger partial charge on any atom is 0.337 e. The van der Waals surface area contributed by atoms with E-state index in [1.165, 1.54) is 0 Å². The summed E-state index contributed by atoms with van der Waals surface area (Å²) in [5.41, 5.74) is -0.756. The summed E-state index contributed by atoms with van der Waals surface area (Å²) in [7, 11) is 1.15. The first kappa shape index (κ1) is 18.1. The van der Waals surface area contributed by atoms with E-state index in [2.05, 4.69) is 4.74 Å². The molecule has 8 nitrogen and oxygen atoms in total. The molecule has 0 aromatic rings. The van der Waals surface area contributed by atoms with Gasteiger partial charge in [-0.1, -0.05) is 0 Å². The molecule has 132 valence electrons. The average Bonchev–Trinajstić information content (AvgIpc) is 2.89. The van der Waals surface area contributed by atoms with Crippen LogP contribution in [0.15, 0.2) is 0 Å². The lowest BCUT2D eigenvalue weighted by molar-refractivity contribution is -0.232. The van der Waals surface area contributed by atoms with Crippen molar-refractivity contribution in [1.29, 1.82) is 0 Å². The van der Waals surface area contributed by atoms with Crippen molar-refractivity contribution in [3.05, 3.63) is 0 Å². The molecule has 1 N–H and O–H groups in total. The van der Waals surface area contributed by atoms with Gasteiger partial charge in [-0.3, -0.25) is 4.79 Å². The molecule has 2 aliphatic heterocycles. The Hall–Kier alpha value is -1.22. The maximum atomic E-state index is 12.2. The molecule has 0 saturated carbocycles. The molecule has 5 atom stereocenters. The summed E-state index contributed by atoms with van der Waals surface area (Å²) >= 11 is 0. The van der Waals surface area contributed by atoms with Gasteiger partial charge < -0.3 is 28.8 Å². The summed E-state index contributed by atoms with van der Waals surface area (Å²) in [5.74, 6) is -2.30. The molecule has 8 heteroatoms. The van der Waals surface area contributed by atoms with Gasteiger partial charge >= 0.3 is 11.9 Å². The number of ether oxygens (including phenoxy) is 5. The molecule has 0 amide bonds. The zero-order chi connectivity index (χ0) is 17.6. The lowest BCUT2D eigenvalue weighted by Crippen LogP contribution is -2.48. The number of methoxy groups -OCH3 is 1. The van der Waals surface area contributed by atoms with Crippen LogP contribution in [-0.2, 0) is 33.3 Å². The fraction of sp³-hybridized carbons (Fsp3) is 0.867. The minimum Gasteiger partial charge on any atom is -0.467 e. The zero-order valence-electron chi connectivity index (χ0n) is 14.2. The Morgan fingerprint density at radius 2 is 1.83 bits per heavy atom. The van der Waals surface area contributed by atoms with Gasteiger partial charge in [-0.2, -0.15) is 0 Å². The van der Waals surface area contributed by atoms with Gasteiger partial charge in [0, 0.05) is 0 Å². The molecule has 0 aromatic heterocycles. The Kier molecular flexibility index (Phi) is 4.74. The van der Waals surface area contributed by atoms with E-state index in [0.717, 1.165) is 7.11 Å². The lowest BCUT2D eigenvalue weighted by Gasteiger charge is -2.29. The van der Waals surface area contributed by atoms with E-state index in [-0.39, 0.29) is 0 Å². The molecule has 0 bridgehead atoms. The van der Waals surface area contributed by atoms with Crippen LogP contribution in [-0.4, -0.2) is 60.6 Å². The molecule has 23 heavy (non-hydrogen) atoms. The number of fused-ring (bicyclic) bond motifs is 1. The van der Waals surface area contributed by atoms with Crippen LogP contribution in [0.25, 0.3) is 0 Å². The average molecular weight is 332 g/mol. The molecular formula is C15H24O8. The highest BCUT2D eigenvalue weighted by molar-refractivity contribution is 5.77. The van der Waals surface area contributed by atoms with Crippen molar-refractivity contribution in [3.63, 3.8) is 0 Å². The minimum absolute atomic E-state index is 0.498. The Morgan fingerprint density at radius 3 is 2.35 bits per heavy atom. The second-order valence-corrected chi connectivity index (χ2v) is 7.16. The van der Waals surface area contributed by atoms with E-state index in [4.69, 9.17) is 18.9 Å². The minimum atomic E-state index is -1.61. The predicted molar refractivity (Wildman–Crippen MR) is 76.1 cm³/mol. The van der Waals surface area contributed by atoms with Gasteiger partial charge in [0.1, 0.15) is 6.10 Å². The molecule has 0 unspecified atom stereocenters. The smallest absolute Gasteiger partial charge is 0.337 e. The van der Waals surface area contributed by atoms with E-state index in [9.17, 15) is 14.7 Å². The van der Waals surface area contributed by atoms with Gasteiger partial charge in [-0.15, -0.1) is 0 Å². The fourth-order valence-electron chi connectivity index (χ4n) is 2.45. The normalized spacial score (nSPS) is 33.9. The molecule has 2 rings (SSSR count). The molecule has 2 aliphatic rings. The molecule has 0 radical (unpaired) electrons. The number of rotatable bonds is 3. The second kappa shape index (κ2) is 6.01. The van der Waals surface area contributed by atoms with Crippen molar-refractivity contribution in [2.75, 3.05) is 7.11 Å². The summed E-state index contributed by atoms with van der Waals surface area (Å²) in [5, 5.41) is 10.1. The largest absolute Gasteiger partial charge is 0.467 e. The summed E-state index contributed by atoms with van der Waals surface area (Å²) in [4.78, 5) is 23.8. The van der Waals surface area contributed by atoms with Crippen molar-refractivity contribution < 1.29 is 38.4 Å². The van der Waals surface area contributed by atoms with E-state index in [0.29, 0.717) is 0 Å². The third-order valence-electron chi connectivity index (χ3n) is 3.64. The van der Waals surface area contributed by atoms with Crippen molar-refractivity contribution >= 4 is 11.9 Å². The van der Waals surface area contributed by atoms with Gasteiger partial charge in [0.05, 0.1) is 12.5 Å². The van der Waals surface area contributed by atoms with Crippen LogP contribution < -0.4 is 0 Å². The highest BCUT2D eigenvalue weighted by Gasteiger charge is 2.59. The van der Waals surface area contributed by atoms with E-state index in [1.54, 1.807) is 34.6 Å². The number of aliphatic hydroxyl groups is 1. The Morgan fingerprint density at radius 1 is 1.22 bits per heavy atom. The van der Waals surface area contributed by atoms with Crippen LogP contribution in [0, 0.1) is 5.41 Å². The summed E-state index contributed by atoms with van der Waals surface area (Å²) in [6, 6.07) is 0. The van der Waals surface area contributed by atoms with Crippen molar-refractivity contribution in [3.8, 4) is 0 Å². The number of esters is 2. The van der Waals surface area contributed by atoms with E-state index < -0.39 is 53.8 Å². The third kappa shape index (κ3) is 3.65. The van der Waals surface area contributed by atoms with E-state index in [1.807, 2.05) is 0 Å². The Bertz CT molecular complexity index is 480. The van der Waals surface area contributed by atoms with Gasteiger partial charge in [0.25, 0.3) is 0 Å². The van der Waals surface area contributed by atoms with Crippen molar-refractivity contribution in [1.82, 2.24) is 0 Å². The molecule has 2 saturated heterocycles. The van der Waals surface area contributed by atoms with Crippen LogP contribution in [0.1, 0.15) is 34.6 Å². The van der Waals surface area contributed by atoms with Crippen LogP contribution in [0.3, 0.4) is 0 Å². The Labute approximate surface area is 135 Å². The van der Waals surface area contributed by atoms with Gasteiger partial charge in [0.15, 0.2) is 30.4 Å². The monoisotopic (exact) mass is 332 g/mol. The zero-order valence-corrected chi connectivity index (χ0v) is 14.2. The van der Waals surface area contributed by atoms with Crippen LogP contribution >= 0.6 is 0 Å². The molecule has 2 heterocycles. The predicted octanol–water partition coefficient (Wildman–Crippen LogP) is 0.355. The first-order valence-electron chi connectivity index (χ1n) is 7.44. The van der Waals surface area contributed by atoms with Gasteiger partial charge in [-0.25, -0.2) is 4.79 Å². The number of hydrogen-bond acceptors (Lipinski definition) is 8. The molecule has 2 fully saturated rings. The number of carbonyl (C=O) groups is 2. The first-order chi connectivity index (χ1) is 10.5. The van der Waals surface area contributed by atoms with Crippen molar-refractivity contribution in [2.24, 2.45) is 5.41 Å². The number of hydrogen-bond donors (Lipinski definition) is 1. The maximum absolute atomic E-state index is 12.2. The SMILES string of the molecule is COC(=O)[C@H](O)[C@H]1O[C@@H]2OC(C)(C)O[C@@H]2[C@H]1OC(=O)C(C)(C)C. The van der Waals surface area contributed by atoms with E-state index >= 15 is 0 Å². The van der Waals surface area contributed by atoms with Gasteiger partial charge in [0.2, 0.25) is 0 Å². The van der Waals surface area contributed by atoms with Crippen LogP contribution in [0.5, 0.6) is 0 Å². The van der Waals surface area contributed by atoms with Crippen molar-refractivity contribution in [2.45, 2.75) is 71.1 Å². The first-order valence-corrected chi connectivity index (χ1v) is 7.44. The fourth-order valence-corrected chi connectivity index (χ4v) is 2.45. The van der Waals surface area contributed by atoms with Crippen LogP contribution in [0.4, 0.5) is 0 Å². The summed E-state index contributed by atoms with van der Waals surface area (Å²) in [6.07, 6.45) is -5.30. The third-order valence-corrected chi connectivity index (χ3v) is 3.64. The molecule has 0 aromatic carbocycles.